The zero-order valence-electron chi connectivity index (χ0n) is 11.3. The maximum Gasteiger partial charge on any atom is 0.306 e. The minimum absolute atomic E-state index is 0.170. The number of ether oxygens (including phenoxy) is 1. The fourth-order valence-corrected chi connectivity index (χ4v) is 1.84. The number of aromatic nitrogens is 1. The first-order valence-corrected chi connectivity index (χ1v) is 6.63. The Morgan fingerprint density at radius 1 is 1.00 bits per heavy atom. The van der Waals surface area contributed by atoms with Gasteiger partial charge in [-0.15, -0.1) is 0 Å². The van der Waals surface area contributed by atoms with Crippen LogP contribution >= 0.6 is 0 Å². The summed E-state index contributed by atoms with van der Waals surface area (Å²) in [6.45, 7) is 0.407. The lowest BCUT2D eigenvalue weighted by Gasteiger charge is -2.05. The van der Waals surface area contributed by atoms with Crippen molar-refractivity contribution in [2.75, 3.05) is 12.3 Å². The van der Waals surface area contributed by atoms with E-state index in [2.05, 4.69) is 4.98 Å². The second kappa shape index (κ2) is 7.28. The van der Waals surface area contributed by atoms with Crippen molar-refractivity contribution >= 4 is 11.7 Å². The summed E-state index contributed by atoms with van der Waals surface area (Å²) < 4.78 is 5.21. The molecule has 2 rings (SSSR count). The van der Waals surface area contributed by atoms with Crippen LogP contribution in [0.1, 0.15) is 17.5 Å². The van der Waals surface area contributed by atoms with Crippen LogP contribution in [0.5, 0.6) is 0 Å². The molecule has 0 aliphatic rings. The number of nitrogens with two attached hydrogens (primary N) is 1. The monoisotopic (exact) mass is 270 g/mol. The summed E-state index contributed by atoms with van der Waals surface area (Å²) in [4.78, 5) is 15.6. The van der Waals surface area contributed by atoms with E-state index in [-0.39, 0.29) is 5.97 Å². The van der Waals surface area contributed by atoms with Crippen molar-refractivity contribution in [3.63, 3.8) is 0 Å². The summed E-state index contributed by atoms with van der Waals surface area (Å²) in [6.07, 6.45) is 5.25. The van der Waals surface area contributed by atoms with Crippen molar-refractivity contribution in [2.24, 2.45) is 0 Å². The Labute approximate surface area is 118 Å². The Morgan fingerprint density at radius 3 is 2.35 bits per heavy atom. The molecule has 0 aliphatic carbocycles. The van der Waals surface area contributed by atoms with E-state index in [0.29, 0.717) is 19.4 Å². The van der Waals surface area contributed by atoms with E-state index in [9.17, 15) is 4.79 Å². The predicted molar refractivity (Wildman–Crippen MR) is 78.1 cm³/mol. The lowest BCUT2D eigenvalue weighted by atomic mass is 10.1. The van der Waals surface area contributed by atoms with Gasteiger partial charge >= 0.3 is 5.97 Å². The highest BCUT2D eigenvalue weighted by Gasteiger charge is 2.04. The average molecular weight is 270 g/mol. The lowest BCUT2D eigenvalue weighted by Crippen LogP contribution is -2.08. The van der Waals surface area contributed by atoms with Gasteiger partial charge in [-0.25, -0.2) is 0 Å². The first kappa shape index (κ1) is 14.1. The Bertz CT molecular complexity index is 538. The Morgan fingerprint density at radius 2 is 1.65 bits per heavy atom. The van der Waals surface area contributed by atoms with Gasteiger partial charge in [-0.2, -0.15) is 0 Å². The van der Waals surface area contributed by atoms with Crippen LogP contribution in [0.4, 0.5) is 5.69 Å². The maximum absolute atomic E-state index is 11.6. The zero-order chi connectivity index (χ0) is 14.2. The van der Waals surface area contributed by atoms with Crippen LogP contribution in [0.25, 0.3) is 0 Å². The molecule has 20 heavy (non-hydrogen) atoms. The summed E-state index contributed by atoms with van der Waals surface area (Å²) in [6, 6.07) is 11.4. The Hall–Kier alpha value is -2.36. The number of carbonyl (C=O) groups excluding carboxylic acids is 1. The quantitative estimate of drug-likeness (QED) is 0.646. The van der Waals surface area contributed by atoms with Crippen molar-refractivity contribution in [3.8, 4) is 0 Å². The van der Waals surface area contributed by atoms with Crippen molar-refractivity contribution in [2.45, 2.75) is 19.3 Å². The van der Waals surface area contributed by atoms with Gasteiger partial charge in [0.15, 0.2) is 0 Å². The number of esters is 1. The van der Waals surface area contributed by atoms with Crippen LogP contribution in [-0.4, -0.2) is 17.6 Å². The summed E-state index contributed by atoms with van der Waals surface area (Å²) >= 11 is 0. The molecule has 0 unspecified atom stereocenters. The van der Waals surface area contributed by atoms with Crippen molar-refractivity contribution in [1.82, 2.24) is 4.98 Å². The van der Waals surface area contributed by atoms with Crippen LogP contribution in [0, 0.1) is 0 Å². The molecule has 1 heterocycles. The standard InChI is InChI=1S/C16H18N2O2/c17-15-4-1-13(2-5-15)3-6-16(19)20-12-9-14-7-10-18-11-8-14/h1-2,4-5,7-8,10-11H,3,6,9,12,17H2. The number of nitrogen functional groups attached to an aromatic ring is 1. The van der Waals surface area contributed by atoms with E-state index in [4.69, 9.17) is 10.5 Å². The Balaban J connectivity index is 1.67. The molecule has 1 aromatic heterocycles. The SMILES string of the molecule is Nc1ccc(CCC(=O)OCCc2ccncc2)cc1. The molecule has 4 heteroatoms. The number of carbonyl (C=O) groups is 1. The molecule has 0 radical (unpaired) electrons. The Kier molecular flexibility index (Phi) is 5.12. The highest BCUT2D eigenvalue weighted by molar-refractivity contribution is 5.69. The van der Waals surface area contributed by atoms with Gasteiger partial charge in [0, 0.05) is 30.9 Å². The molecule has 0 saturated carbocycles. The van der Waals surface area contributed by atoms with Crippen molar-refractivity contribution in [3.05, 3.63) is 59.9 Å². The van der Waals surface area contributed by atoms with E-state index >= 15 is 0 Å². The van der Waals surface area contributed by atoms with Gasteiger partial charge in [-0.05, 0) is 41.8 Å². The molecule has 0 bridgehead atoms. The molecule has 0 saturated heterocycles. The molecule has 1 aromatic carbocycles. The van der Waals surface area contributed by atoms with Gasteiger partial charge in [0.25, 0.3) is 0 Å². The van der Waals surface area contributed by atoms with Gasteiger partial charge < -0.3 is 10.5 Å². The van der Waals surface area contributed by atoms with Gasteiger partial charge in [-0.1, -0.05) is 12.1 Å². The first-order valence-electron chi connectivity index (χ1n) is 6.63. The van der Waals surface area contributed by atoms with Crippen molar-refractivity contribution in [1.29, 1.82) is 0 Å². The van der Waals surface area contributed by atoms with Crippen LogP contribution in [0.2, 0.25) is 0 Å². The molecule has 0 aliphatic heterocycles. The number of pyridine rings is 1. The van der Waals surface area contributed by atoms with Crippen molar-refractivity contribution < 1.29 is 9.53 Å². The molecule has 4 nitrogen and oxygen atoms in total. The molecular formula is C16H18N2O2. The smallest absolute Gasteiger partial charge is 0.306 e. The van der Waals surface area contributed by atoms with E-state index in [1.807, 2.05) is 36.4 Å². The number of hydrogen-bond acceptors (Lipinski definition) is 4. The van der Waals surface area contributed by atoms with E-state index in [1.54, 1.807) is 12.4 Å². The summed E-state index contributed by atoms with van der Waals surface area (Å²) in [5, 5.41) is 0. The van der Waals surface area contributed by atoms with E-state index in [1.165, 1.54) is 0 Å². The second-order valence-electron chi connectivity index (χ2n) is 4.57. The van der Waals surface area contributed by atoms with Crippen LogP contribution in [0.15, 0.2) is 48.8 Å². The van der Waals surface area contributed by atoms with Gasteiger partial charge in [0.05, 0.1) is 6.61 Å². The molecule has 104 valence electrons. The third-order valence-electron chi connectivity index (χ3n) is 3.00. The first-order chi connectivity index (χ1) is 9.74. The number of rotatable bonds is 6. The molecule has 0 fully saturated rings. The molecule has 2 N–H and O–H groups in total. The summed E-state index contributed by atoms with van der Waals surface area (Å²) in [5.41, 5.74) is 8.54. The molecule has 0 atom stereocenters. The fraction of sp³-hybridized carbons (Fsp3) is 0.250. The second-order valence-corrected chi connectivity index (χ2v) is 4.57. The number of benzene rings is 1. The molecule has 0 spiro atoms. The average Bonchev–Trinajstić information content (AvgIpc) is 2.48. The molecule has 0 amide bonds. The van der Waals surface area contributed by atoms with Crippen LogP contribution in [-0.2, 0) is 22.4 Å². The van der Waals surface area contributed by atoms with Gasteiger partial charge in [0.2, 0.25) is 0 Å². The molecule has 2 aromatic rings. The predicted octanol–water partition coefficient (Wildman–Crippen LogP) is 2.38. The minimum Gasteiger partial charge on any atom is -0.465 e. The normalized spacial score (nSPS) is 10.2. The van der Waals surface area contributed by atoms with Gasteiger partial charge in [-0.3, -0.25) is 9.78 Å². The highest BCUT2D eigenvalue weighted by Crippen LogP contribution is 2.08. The van der Waals surface area contributed by atoms with E-state index in [0.717, 1.165) is 23.2 Å². The lowest BCUT2D eigenvalue weighted by molar-refractivity contribution is -0.143. The topological polar surface area (TPSA) is 65.2 Å². The summed E-state index contributed by atoms with van der Waals surface area (Å²) in [7, 11) is 0. The largest absolute Gasteiger partial charge is 0.465 e. The highest BCUT2D eigenvalue weighted by atomic mass is 16.5. The van der Waals surface area contributed by atoms with Crippen LogP contribution < -0.4 is 5.73 Å². The van der Waals surface area contributed by atoms with Gasteiger partial charge in [0.1, 0.15) is 0 Å². The van der Waals surface area contributed by atoms with E-state index < -0.39 is 0 Å². The number of nitrogens with zero attached hydrogens (tertiary/aromatic N) is 1. The zero-order valence-corrected chi connectivity index (χ0v) is 11.3. The fourth-order valence-electron chi connectivity index (χ4n) is 1.84. The number of anilines is 1. The van der Waals surface area contributed by atoms with Crippen LogP contribution in [0.3, 0.4) is 0 Å². The number of hydrogen-bond donors (Lipinski definition) is 1. The third kappa shape index (κ3) is 4.72. The summed E-state index contributed by atoms with van der Waals surface area (Å²) in [5.74, 6) is -0.170. The molecular weight excluding hydrogens is 252 g/mol. The number of aryl methyl sites for hydroxylation is 1. The maximum atomic E-state index is 11.6. The third-order valence-corrected chi connectivity index (χ3v) is 3.00. The minimum atomic E-state index is -0.170.